The molecule has 29 heavy (non-hydrogen) atoms. The monoisotopic (exact) mass is 389 g/mol. The van der Waals surface area contributed by atoms with Crippen molar-refractivity contribution in [1.82, 2.24) is 15.0 Å². The number of aryl methyl sites for hydroxylation is 2. The van der Waals surface area contributed by atoms with Crippen molar-refractivity contribution in [2.45, 2.75) is 20.0 Å². The Labute approximate surface area is 169 Å². The van der Waals surface area contributed by atoms with Crippen LogP contribution < -0.4 is 10.6 Å². The maximum Gasteiger partial charge on any atom is 0.248 e. The Morgan fingerprint density at radius 3 is 2.59 bits per heavy atom. The fourth-order valence-electron chi connectivity index (χ4n) is 3.48. The quantitative estimate of drug-likeness (QED) is 0.737. The van der Waals surface area contributed by atoms with Crippen molar-refractivity contribution in [2.75, 3.05) is 24.6 Å². The summed E-state index contributed by atoms with van der Waals surface area (Å²) in [5.74, 6) is 0.267. The second-order valence-electron chi connectivity index (χ2n) is 7.15. The van der Waals surface area contributed by atoms with Gasteiger partial charge >= 0.3 is 0 Å². The normalized spacial score (nSPS) is 16.6. The number of benzene rings is 1. The fourth-order valence-corrected chi connectivity index (χ4v) is 3.48. The summed E-state index contributed by atoms with van der Waals surface area (Å²) < 4.78 is 6.00. The molecule has 7 nitrogen and oxygen atoms in total. The smallest absolute Gasteiger partial charge is 0.248 e. The molecular weight excluding hydrogens is 366 g/mol. The SMILES string of the molecule is Cc1cc(C)nc(N2CCO[C@@H](c3cccc(-c4cccc(C(N)=O)c4)n3)C2)n1. The number of nitrogens with zero attached hydrogens (tertiary/aromatic N) is 4. The van der Waals surface area contributed by atoms with Gasteiger partial charge in [0.25, 0.3) is 0 Å². The van der Waals surface area contributed by atoms with Gasteiger partial charge in [-0.25, -0.2) is 15.0 Å². The van der Waals surface area contributed by atoms with Gasteiger partial charge in [0.05, 0.1) is 24.5 Å². The van der Waals surface area contributed by atoms with E-state index in [1.54, 1.807) is 18.2 Å². The molecule has 1 saturated heterocycles. The van der Waals surface area contributed by atoms with E-state index in [1.807, 2.05) is 44.2 Å². The van der Waals surface area contributed by atoms with Gasteiger partial charge in [0.15, 0.2) is 0 Å². The summed E-state index contributed by atoms with van der Waals surface area (Å²) in [4.78, 5) is 27.5. The highest BCUT2D eigenvalue weighted by atomic mass is 16.5. The Morgan fingerprint density at radius 1 is 1.07 bits per heavy atom. The Kier molecular flexibility index (Phi) is 5.22. The van der Waals surface area contributed by atoms with Crippen LogP contribution in [-0.4, -0.2) is 40.6 Å². The van der Waals surface area contributed by atoms with Crippen LogP contribution in [0.25, 0.3) is 11.3 Å². The van der Waals surface area contributed by atoms with Crippen molar-refractivity contribution in [1.29, 1.82) is 0 Å². The average molecular weight is 389 g/mol. The third-order valence-electron chi connectivity index (χ3n) is 4.86. The van der Waals surface area contributed by atoms with Crippen molar-refractivity contribution in [3.63, 3.8) is 0 Å². The summed E-state index contributed by atoms with van der Waals surface area (Å²) in [5.41, 5.74) is 10.2. The number of rotatable bonds is 4. The van der Waals surface area contributed by atoms with Crippen molar-refractivity contribution in [2.24, 2.45) is 5.73 Å². The second kappa shape index (κ2) is 7.97. The number of carbonyl (C=O) groups excluding carboxylic acids is 1. The molecule has 3 heterocycles. The molecule has 4 rings (SSSR count). The van der Waals surface area contributed by atoms with Crippen LogP contribution in [0.2, 0.25) is 0 Å². The Hall–Kier alpha value is -3.32. The molecule has 0 radical (unpaired) electrons. The molecule has 1 fully saturated rings. The first kappa shape index (κ1) is 19.0. The van der Waals surface area contributed by atoms with E-state index in [-0.39, 0.29) is 6.10 Å². The first-order valence-corrected chi connectivity index (χ1v) is 9.55. The molecule has 2 aromatic heterocycles. The van der Waals surface area contributed by atoms with Crippen LogP contribution in [-0.2, 0) is 4.74 Å². The van der Waals surface area contributed by atoms with E-state index >= 15 is 0 Å². The van der Waals surface area contributed by atoms with Crippen molar-refractivity contribution in [3.8, 4) is 11.3 Å². The molecule has 1 amide bonds. The highest BCUT2D eigenvalue weighted by Gasteiger charge is 2.25. The standard InChI is InChI=1S/C22H23N5O2/c1-14-11-15(2)25-22(24-14)27-9-10-29-20(13-27)19-8-4-7-18(26-19)16-5-3-6-17(12-16)21(23)28/h3-8,11-12,20H,9-10,13H2,1-2H3,(H2,23,28)/t20-/m1/s1. The lowest BCUT2D eigenvalue weighted by atomic mass is 10.1. The Balaban J connectivity index is 1.59. The average Bonchev–Trinajstić information content (AvgIpc) is 2.73. The van der Waals surface area contributed by atoms with Gasteiger partial charge in [-0.1, -0.05) is 18.2 Å². The lowest BCUT2D eigenvalue weighted by Crippen LogP contribution is -2.39. The summed E-state index contributed by atoms with van der Waals surface area (Å²) in [5, 5.41) is 0. The number of hydrogen-bond donors (Lipinski definition) is 1. The van der Waals surface area contributed by atoms with E-state index in [0.29, 0.717) is 18.7 Å². The van der Waals surface area contributed by atoms with E-state index < -0.39 is 5.91 Å². The molecule has 0 unspecified atom stereocenters. The first-order valence-electron chi connectivity index (χ1n) is 9.55. The summed E-state index contributed by atoms with van der Waals surface area (Å²) >= 11 is 0. The number of primary amides is 1. The zero-order valence-electron chi connectivity index (χ0n) is 16.5. The zero-order chi connectivity index (χ0) is 20.4. The predicted octanol–water partition coefficient (Wildman–Crippen LogP) is 2.83. The van der Waals surface area contributed by atoms with Gasteiger partial charge in [-0.15, -0.1) is 0 Å². The molecule has 7 heteroatoms. The minimum Gasteiger partial charge on any atom is -0.368 e. The number of nitrogens with two attached hydrogens (primary N) is 1. The van der Waals surface area contributed by atoms with Gasteiger partial charge in [0, 0.05) is 29.1 Å². The number of morpholine rings is 1. The molecule has 1 aliphatic rings. The van der Waals surface area contributed by atoms with Crippen LogP contribution in [0.5, 0.6) is 0 Å². The number of anilines is 1. The molecule has 0 aliphatic carbocycles. The van der Waals surface area contributed by atoms with Crippen molar-refractivity contribution >= 4 is 11.9 Å². The minimum atomic E-state index is -0.456. The first-order chi connectivity index (χ1) is 14.0. The number of ether oxygens (including phenoxy) is 1. The fraction of sp³-hybridized carbons (Fsp3) is 0.273. The lowest BCUT2D eigenvalue weighted by Gasteiger charge is -2.33. The summed E-state index contributed by atoms with van der Waals surface area (Å²) in [7, 11) is 0. The van der Waals surface area contributed by atoms with Crippen LogP contribution in [0.3, 0.4) is 0 Å². The molecule has 0 saturated carbocycles. The summed E-state index contributed by atoms with van der Waals surface area (Å²) in [6.07, 6.45) is -0.188. The number of amides is 1. The topological polar surface area (TPSA) is 94.2 Å². The maximum absolute atomic E-state index is 11.5. The molecule has 3 aromatic rings. The lowest BCUT2D eigenvalue weighted by molar-refractivity contribution is 0.0365. The molecule has 0 spiro atoms. The number of hydrogen-bond acceptors (Lipinski definition) is 6. The zero-order valence-corrected chi connectivity index (χ0v) is 16.5. The Morgan fingerprint density at radius 2 is 1.83 bits per heavy atom. The van der Waals surface area contributed by atoms with E-state index in [4.69, 9.17) is 15.5 Å². The molecule has 0 bridgehead atoms. The second-order valence-corrected chi connectivity index (χ2v) is 7.15. The van der Waals surface area contributed by atoms with Crippen molar-refractivity contribution in [3.05, 3.63) is 71.2 Å². The van der Waals surface area contributed by atoms with Gasteiger partial charge in [-0.2, -0.15) is 0 Å². The minimum absolute atomic E-state index is 0.188. The molecule has 1 aliphatic heterocycles. The van der Waals surface area contributed by atoms with E-state index in [1.165, 1.54) is 0 Å². The predicted molar refractivity (Wildman–Crippen MR) is 111 cm³/mol. The highest BCUT2D eigenvalue weighted by molar-refractivity contribution is 5.93. The molecule has 1 aromatic carbocycles. The highest BCUT2D eigenvalue weighted by Crippen LogP contribution is 2.26. The number of pyridine rings is 1. The van der Waals surface area contributed by atoms with E-state index in [9.17, 15) is 4.79 Å². The van der Waals surface area contributed by atoms with Gasteiger partial charge in [0.1, 0.15) is 6.10 Å². The van der Waals surface area contributed by atoms with Gasteiger partial charge in [-0.3, -0.25) is 4.79 Å². The van der Waals surface area contributed by atoms with Crippen LogP contribution in [0.4, 0.5) is 5.95 Å². The molecule has 148 valence electrons. The number of carbonyl (C=O) groups is 1. The Bertz CT molecular complexity index is 1030. The van der Waals surface area contributed by atoms with E-state index in [2.05, 4.69) is 14.9 Å². The maximum atomic E-state index is 11.5. The van der Waals surface area contributed by atoms with Crippen LogP contribution in [0.15, 0.2) is 48.5 Å². The molecule has 1 atom stereocenters. The third-order valence-corrected chi connectivity index (χ3v) is 4.86. The van der Waals surface area contributed by atoms with Gasteiger partial charge in [0.2, 0.25) is 11.9 Å². The van der Waals surface area contributed by atoms with Crippen molar-refractivity contribution < 1.29 is 9.53 Å². The third kappa shape index (κ3) is 4.25. The van der Waals surface area contributed by atoms with E-state index in [0.717, 1.165) is 40.8 Å². The molecular formula is C22H23N5O2. The van der Waals surface area contributed by atoms with Crippen LogP contribution in [0.1, 0.15) is 33.5 Å². The molecule has 2 N–H and O–H groups in total. The van der Waals surface area contributed by atoms with Gasteiger partial charge in [-0.05, 0) is 44.2 Å². The number of aromatic nitrogens is 3. The van der Waals surface area contributed by atoms with Gasteiger partial charge < -0.3 is 15.4 Å². The van der Waals surface area contributed by atoms with Crippen LogP contribution in [0, 0.1) is 13.8 Å². The summed E-state index contributed by atoms with van der Waals surface area (Å²) in [6, 6.07) is 15.0. The summed E-state index contributed by atoms with van der Waals surface area (Å²) in [6.45, 7) is 5.88. The largest absolute Gasteiger partial charge is 0.368 e. The van der Waals surface area contributed by atoms with Crippen LogP contribution >= 0.6 is 0 Å².